The van der Waals surface area contributed by atoms with Gasteiger partial charge in [0.05, 0.1) is 17.7 Å². The van der Waals surface area contributed by atoms with Crippen molar-refractivity contribution < 1.29 is 18.9 Å². The van der Waals surface area contributed by atoms with Gasteiger partial charge < -0.3 is 19.4 Å². The summed E-state index contributed by atoms with van der Waals surface area (Å²) in [4.78, 5) is 26.2. The Morgan fingerprint density at radius 2 is 1.84 bits per heavy atom. The number of ether oxygens (including phenoxy) is 1. The molecule has 1 fully saturated rings. The molecule has 32 heavy (non-hydrogen) atoms. The highest BCUT2D eigenvalue weighted by Gasteiger charge is 2.24. The standard InChI is InChI=1S/C24H21N3O5/c1-31-23-13-17-16-6-2-3-7-21(16)32-22(17)14-18(23)25-24(28)15-8-9-19(20(12-15)27(29)30)26-10-4-5-11-26/h2-3,6-9,12-14H,4-5,10-11H2,1H3,(H,25,28). The van der Waals surface area contributed by atoms with Crippen molar-refractivity contribution >= 4 is 44.9 Å². The molecule has 1 aliphatic heterocycles. The van der Waals surface area contributed by atoms with Crippen LogP contribution in [-0.4, -0.2) is 31.0 Å². The first-order chi connectivity index (χ1) is 15.5. The fourth-order valence-corrected chi connectivity index (χ4v) is 4.25. The van der Waals surface area contributed by atoms with E-state index in [1.54, 1.807) is 18.2 Å². The number of hydrogen-bond donors (Lipinski definition) is 1. The third-order valence-corrected chi connectivity index (χ3v) is 5.83. The Morgan fingerprint density at radius 1 is 1.06 bits per heavy atom. The Hall–Kier alpha value is -4.07. The number of rotatable bonds is 5. The summed E-state index contributed by atoms with van der Waals surface area (Å²) in [6.07, 6.45) is 2.01. The Balaban J connectivity index is 1.49. The minimum atomic E-state index is -0.463. The second-order valence-electron chi connectivity index (χ2n) is 7.76. The van der Waals surface area contributed by atoms with E-state index in [1.807, 2.05) is 35.2 Å². The molecule has 4 aromatic rings. The van der Waals surface area contributed by atoms with Gasteiger partial charge in [-0.05, 0) is 37.1 Å². The number of furan rings is 1. The molecule has 1 aromatic heterocycles. The SMILES string of the molecule is COc1cc2c(cc1NC(=O)c1ccc(N3CCCC3)c([N+](=O)[O-])c1)oc1ccccc12. The predicted octanol–water partition coefficient (Wildman–Crippen LogP) is 5.36. The molecule has 1 N–H and O–H groups in total. The second kappa shape index (κ2) is 7.88. The van der Waals surface area contributed by atoms with E-state index in [0.29, 0.717) is 22.7 Å². The van der Waals surface area contributed by atoms with Crippen LogP contribution in [0.4, 0.5) is 17.1 Å². The van der Waals surface area contributed by atoms with Crippen LogP contribution < -0.4 is 15.0 Å². The lowest BCUT2D eigenvalue weighted by Gasteiger charge is -2.18. The number of methoxy groups -OCH3 is 1. The molecule has 162 valence electrons. The number of nitro benzene ring substituents is 1. The van der Waals surface area contributed by atoms with E-state index in [1.165, 1.54) is 13.2 Å². The Morgan fingerprint density at radius 3 is 2.59 bits per heavy atom. The molecule has 0 aliphatic carbocycles. The molecule has 3 aromatic carbocycles. The maximum absolute atomic E-state index is 13.0. The Bertz CT molecular complexity index is 1350. The van der Waals surface area contributed by atoms with Crippen LogP contribution in [0, 0.1) is 10.1 Å². The molecule has 5 rings (SSSR count). The summed E-state index contributed by atoms with van der Waals surface area (Å²) in [5.74, 6) is 0.00965. The molecule has 0 unspecified atom stereocenters. The van der Waals surface area contributed by atoms with Crippen LogP contribution in [0.1, 0.15) is 23.2 Å². The van der Waals surface area contributed by atoms with Gasteiger partial charge in [-0.3, -0.25) is 14.9 Å². The lowest BCUT2D eigenvalue weighted by Crippen LogP contribution is -2.20. The average Bonchev–Trinajstić information content (AvgIpc) is 3.46. The van der Waals surface area contributed by atoms with Crippen molar-refractivity contribution in [2.24, 2.45) is 0 Å². The van der Waals surface area contributed by atoms with E-state index >= 15 is 0 Å². The number of benzene rings is 3. The first kappa shape index (κ1) is 19.9. The van der Waals surface area contributed by atoms with Gasteiger partial charge in [0, 0.05) is 41.6 Å². The van der Waals surface area contributed by atoms with Gasteiger partial charge in [0.25, 0.3) is 11.6 Å². The van der Waals surface area contributed by atoms with Crippen LogP contribution in [0.2, 0.25) is 0 Å². The third kappa shape index (κ3) is 3.39. The highest BCUT2D eigenvalue weighted by molar-refractivity contribution is 6.10. The van der Waals surface area contributed by atoms with E-state index in [-0.39, 0.29) is 11.3 Å². The normalized spacial score (nSPS) is 13.6. The number of nitrogens with one attached hydrogen (secondary N) is 1. The second-order valence-corrected chi connectivity index (χ2v) is 7.76. The molecular weight excluding hydrogens is 410 g/mol. The summed E-state index contributed by atoms with van der Waals surface area (Å²) in [5, 5.41) is 16.3. The molecule has 0 spiro atoms. The molecular formula is C24H21N3O5. The summed E-state index contributed by atoms with van der Waals surface area (Å²) in [7, 11) is 1.52. The monoisotopic (exact) mass is 431 g/mol. The number of hydrogen-bond acceptors (Lipinski definition) is 6. The maximum Gasteiger partial charge on any atom is 0.293 e. The maximum atomic E-state index is 13.0. The van der Waals surface area contributed by atoms with Crippen molar-refractivity contribution in [1.82, 2.24) is 0 Å². The van der Waals surface area contributed by atoms with Crippen LogP contribution in [0.25, 0.3) is 21.9 Å². The molecule has 1 aliphatic rings. The van der Waals surface area contributed by atoms with Crippen molar-refractivity contribution in [3.63, 3.8) is 0 Å². The van der Waals surface area contributed by atoms with Crippen LogP contribution >= 0.6 is 0 Å². The largest absolute Gasteiger partial charge is 0.495 e. The molecule has 0 atom stereocenters. The zero-order valence-electron chi connectivity index (χ0n) is 17.5. The molecule has 0 radical (unpaired) electrons. The highest BCUT2D eigenvalue weighted by Crippen LogP contribution is 2.37. The van der Waals surface area contributed by atoms with E-state index in [9.17, 15) is 14.9 Å². The van der Waals surface area contributed by atoms with Crippen molar-refractivity contribution in [3.05, 3.63) is 70.3 Å². The molecule has 0 bridgehead atoms. The summed E-state index contributed by atoms with van der Waals surface area (Å²) >= 11 is 0. The van der Waals surface area contributed by atoms with Gasteiger partial charge in [-0.25, -0.2) is 0 Å². The average molecular weight is 431 g/mol. The topological polar surface area (TPSA) is 97.8 Å². The summed E-state index contributed by atoms with van der Waals surface area (Å²) in [5.41, 5.74) is 2.45. The number of nitro groups is 1. The number of carbonyl (C=O) groups is 1. The lowest BCUT2D eigenvalue weighted by atomic mass is 10.1. The van der Waals surface area contributed by atoms with E-state index in [4.69, 9.17) is 9.15 Å². The minimum absolute atomic E-state index is 0.0701. The zero-order valence-corrected chi connectivity index (χ0v) is 17.5. The minimum Gasteiger partial charge on any atom is -0.495 e. The third-order valence-electron chi connectivity index (χ3n) is 5.83. The van der Waals surface area contributed by atoms with E-state index in [0.717, 1.165) is 42.3 Å². The van der Waals surface area contributed by atoms with Crippen molar-refractivity contribution in [1.29, 1.82) is 0 Å². The molecule has 2 heterocycles. The van der Waals surface area contributed by atoms with E-state index < -0.39 is 10.8 Å². The summed E-state index contributed by atoms with van der Waals surface area (Å²) in [6.45, 7) is 1.56. The number of para-hydroxylation sites is 1. The molecule has 0 saturated carbocycles. The van der Waals surface area contributed by atoms with Gasteiger partial charge >= 0.3 is 0 Å². The lowest BCUT2D eigenvalue weighted by molar-refractivity contribution is -0.384. The van der Waals surface area contributed by atoms with Gasteiger partial charge in [0.15, 0.2) is 0 Å². The van der Waals surface area contributed by atoms with Gasteiger partial charge in [0.2, 0.25) is 0 Å². The van der Waals surface area contributed by atoms with E-state index in [2.05, 4.69) is 5.32 Å². The molecule has 1 amide bonds. The Kier molecular flexibility index (Phi) is 4.89. The molecule has 8 heteroatoms. The summed E-state index contributed by atoms with van der Waals surface area (Å²) in [6, 6.07) is 15.8. The zero-order chi connectivity index (χ0) is 22.2. The fraction of sp³-hybridized carbons (Fsp3) is 0.208. The van der Waals surface area contributed by atoms with Crippen LogP contribution in [0.5, 0.6) is 5.75 Å². The number of amides is 1. The van der Waals surface area contributed by atoms with Crippen molar-refractivity contribution in [3.8, 4) is 5.75 Å². The number of carbonyl (C=O) groups excluding carboxylic acids is 1. The highest BCUT2D eigenvalue weighted by atomic mass is 16.6. The quantitative estimate of drug-likeness (QED) is 0.338. The van der Waals surface area contributed by atoms with Crippen molar-refractivity contribution in [2.45, 2.75) is 12.8 Å². The first-order valence-electron chi connectivity index (χ1n) is 10.4. The first-order valence-corrected chi connectivity index (χ1v) is 10.4. The van der Waals surface area contributed by atoms with Crippen molar-refractivity contribution in [2.75, 3.05) is 30.4 Å². The number of nitrogens with zero attached hydrogens (tertiary/aromatic N) is 2. The predicted molar refractivity (Wildman–Crippen MR) is 123 cm³/mol. The van der Waals surface area contributed by atoms with Gasteiger partial charge in [0.1, 0.15) is 22.6 Å². The van der Waals surface area contributed by atoms with Crippen LogP contribution in [0.3, 0.4) is 0 Å². The van der Waals surface area contributed by atoms with Crippen LogP contribution in [-0.2, 0) is 0 Å². The van der Waals surface area contributed by atoms with Gasteiger partial charge in [-0.15, -0.1) is 0 Å². The smallest absolute Gasteiger partial charge is 0.293 e. The van der Waals surface area contributed by atoms with Gasteiger partial charge in [-0.2, -0.15) is 0 Å². The number of anilines is 2. The molecule has 1 saturated heterocycles. The van der Waals surface area contributed by atoms with Crippen LogP contribution in [0.15, 0.2) is 59.0 Å². The molecule has 8 nitrogen and oxygen atoms in total. The van der Waals surface area contributed by atoms with Gasteiger partial charge in [-0.1, -0.05) is 18.2 Å². The fourth-order valence-electron chi connectivity index (χ4n) is 4.25. The number of fused-ring (bicyclic) bond motifs is 3. The summed E-state index contributed by atoms with van der Waals surface area (Å²) < 4.78 is 11.4. The Labute approximate surface area is 183 Å².